The molecule has 1 aromatic carbocycles. The second-order valence-corrected chi connectivity index (χ2v) is 7.26. The molecule has 0 aliphatic carbocycles. The number of aliphatic carboxylic acids is 1. The second-order valence-electron chi connectivity index (χ2n) is 6.83. The number of halogens is 1. The van der Waals surface area contributed by atoms with Crippen LogP contribution in [0, 0.1) is 11.3 Å². The quantitative estimate of drug-likeness (QED) is 0.761. The third kappa shape index (κ3) is 3.85. The minimum atomic E-state index is -0.990. The third-order valence-corrected chi connectivity index (χ3v) is 5.76. The van der Waals surface area contributed by atoms with Crippen molar-refractivity contribution in [1.29, 1.82) is 0 Å². The first-order chi connectivity index (χ1) is 12.3. The van der Waals surface area contributed by atoms with Crippen LogP contribution in [0.5, 0.6) is 0 Å². The van der Waals surface area contributed by atoms with E-state index in [1.165, 1.54) is 0 Å². The molecule has 1 heterocycles. The number of hydrogen-bond acceptors (Lipinski definition) is 3. The molecule has 2 rings (SSSR count). The van der Waals surface area contributed by atoms with Gasteiger partial charge in [-0.1, -0.05) is 37.6 Å². The van der Waals surface area contributed by atoms with Crippen molar-refractivity contribution in [3.63, 3.8) is 0 Å². The van der Waals surface area contributed by atoms with Gasteiger partial charge in [0.1, 0.15) is 0 Å². The van der Waals surface area contributed by atoms with Gasteiger partial charge in [-0.15, -0.1) is 0 Å². The van der Waals surface area contributed by atoms with Gasteiger partial charge >= 0.3 is 5.97 Å². The summed E-state index contributed by atoms with van der Waals surface area (Å²) < 4.78 is 0. The van der Waals surface area contributed by atoms with Crippen LogP contribution >= 0.6 is 11.6 Å². The van der Waals surface area contributed by atoms with E-state index in [0.717, 1.165) is 5.56 Å². The number of hydrogen-bond donors (Lipinski definition) is 2. The first-order valence-corrected chi connectivity index (χ1v) is 9.15. The molecule has 0 bridgehead atoms. The standard InChI is InChI=1S/C19H25ClN2O4/c1-4-19(5-2,18(25)26)11-21-17(24)14-10-15(23)22(3)16(14)12-7-6-8-13(20)9-12/h6-9,14,16H,4-5,10-11H2,1-3H3,(H,21,24)(H,25,26). The van der Waals surface area contributed by atoms with Crippen molar-refractivity contribution >= 4 is 29.4 Å². The Morgan fingerprint density at radius 3 is 2.54 bits per heavy atom. The highest BCUT2D eigenvalue weighted by molar-refractivity contribution is 6.30. The molecule has 1 saturated heterocycles. The molecular weight excluding hydrogens is 356 g/mol. The summed E-state index contributed by atoms with van der Waals surface area (Å²) in [6, 6.07) is 6.70. The maximum Gasteiger partial charge on any atom is 0.311 e. The molecule has 6 nitrogen and oxygen atoms in total. The van der Waals surface area contributed by atoms with Crippen LogP contribution in [0.3, 0.4) is 0 Å². The summed E-state index contributed by atoms with van der Waals surface area (Å²) in [6.07, 6.45) is 0.929. The van der Waals surface area contributed by atoms with Gasteiger partial charge in [0.25, 0.3) is 0 Å². The van der Waals surface area contributed by atoms with Crippen molar-refractivity contribution < 1.29 is 19.5 Å². The van der Waals surface area contributed by atoms with Crippen LogP contribution in [0.1, 0.15) is 44.7 Å². The summed E-state index contributed by atoms with van der Waals surface area (Å²) in [5.41, 5.74) is -0.197. The molecule has 2 N–H and O–H groups in total. The Hall–Kier alpha value is -2.08. The largest absolute Gasteiger partial charge is 0.481 e. The van der Waals surface area contributed by atoms with E-state index in [1.807, 2.05) is 6.07 Å². The predicted molar refractivity (Wildman–Crippen MR) is 98.7 cm³/mol. The van der Waals surface area contributed by atoms with Crippen LogP contribution in [0.15, 0.2) is 24.3 Å². The van der Waals surface area contributed by atoms with Gasteiger partial charge in [-0.25, -0.2) is 0 Å². The van der Waals surface area contributed by atoms with Crippen molar-refractivity contribution in [1.82, 2.24) is 10.2 Å². The summed E-state index contributed by atoms with van der Waals surface area (Å²) in [5.74, 6) is -1.93. The lowest BCUT2D eigenvalue weighted by molar-refractivity contribution is -0.149. The van der Waals surface area contributed by atoms with Gasteiger partial charge in [0.15, 0.2) is 0 Å². The number of carboxylic acid groups (broad SMARTS) is 1. The highest BCUT2D eigenvalue weighted by Gasteiger charge is 2.44. The van der Waals surface area contributed by atoms with E-state index in [1.54, 1.807) is 44.0 Å². The van der Waals surface area contributed by atoms with E-state index in [9.17, 15) is 19.5 Å². The molecule has 2 amide bonds. The van der Waals surface area contributed by atoms with Gasteiger partial charge < -0.3 is 15.3 Å². The Morgan fingerprint density at radius 2 is 2.00 bits per heavy atom. The van der Waals surface area contributed by atoms with E-state index in [0.29, 0.717) is 17.9 Å². The van der Waals surface area contributed by atoms with E-state index < -0.39 is 23.3 Å². The predicted octanol–water partition coefficient (Wildman–Crippen LogP) is 2.87. The number of likely N-dealkylation sites (tertiary alicyclic amines) is 1. The van der Waals surface area contributed by atoms with E-state index in [2.05, 4.69) is 5.32 Å². The molecular formula is C19H25ClN2O4. The summed E-state index contributed by atoms with van der Waals surface area (Å²) in [4.78, 5) is 38.2. The average Bonchev–Trinajstić information content (AvgIpc) is 2.91. The fraction of sp³-hybridized carbons (Fsp3) is 0.526. The van der Waals surface area contributed by atoms with Crippen LogP contribution < -0.4 is 5.32 Å². The Kier molecular flexibility index (Phi) is 6.29. The Balaban J connectivity index is 2.21. The van der Waals surface area contributed by atoms with Gasteiger partial charge in [0.2, 0.25) is 11.8 Å². The third-order valence-electron chi connectivity index (χ3n) is 5.52. The number of amides is 2. The zero-order chi connectivity index (χ0) is 19.5. The lowest BCUT2D eigenvalue weighted by Gasteiger charge is -2.29. The Bertz CT molecular complexity index is 703. The molecule has 1 fully saturated rings. The Labute approximate surface area is 158 Å². The highest BCUT2D eigenvalue weighted by Crippen LogP contribution is 2.38. The van der Waals surface area contributed by atoms with Crippen LogP contribution in [-0.4, -0.2) is 41.4 Å². The van der Waals surface area contributed by atoms with Gasteiger partial charge in [-0.05, 0) is 30.5 Å². The molecule has 0 aromatic heterocycles. The zero-order valence-electron chi connectivity index (χ0n) is 15.3. The van der Waals surface area contributed by atoms with Crippen LogP contribution in [0.25, 0.3) is 0 Å². The Morgan fingerprint density at radius 1 is 1.35 bits per heavy atom. The number of carbonyl (C=O) groups is 3. The summed E-state index contributed by atoms with van der Waals surface area (Å²) in [6.45, 7) is 3.64. The molecule has 1 aliphatic heterocycles. The van der Waals surface area contributed by atoms with Crippen molar-refractivity contribution in [2.75, 3.05) is 13.6 Å². The van der Waals surface area contributed by atoms with Gasteiger partial charge in [0, 0.05) is 25.0 Å². The first kappa shape index (κ1) is 20.2. The molecule has 2 unspecified atom stereocenters. The average molecular weight is 381 g/mol. The molecule has 7 heteroatoms. The SMILES string of the molecule is CCC(CC)(CNC(=O)C1CC(=O)N(C)C1c1cccc(Cl)c1)C(=O)O. The topological polar surface area (TPSA) is 86.7 Å². The number of rotatable bonds is 7. The molecule has 2 atom stereocenters. The van der Waals surface area contributed by atoms with Gasteiger partial charge in [-0.2, -0.15) is 0 Å². The monoisotopic (exact) mass is 380 g/mol. The number of carbonyl (C=O) groups excluding carboxylic acids is 2. The van der Waals surface area contributed by atoms with Crippen LogP contribution in [-0.2, 0) is 14.4 Å². The number of nitrogens with zero attached hydrogens (tertiary/aromatic N) is 1. The minimum absolute atomic E-state index is 0.0465. The van der Waals surface area contributed by atoms with Crippen molar-refractivity contribution in [3.05, 3.63) is 34.9 Å². The lowest BCUT2D eigenvalue weighted by atomic mass is 9.82. The summed E-state index contributed by atoms with van der Waals surface area (Å²) in [7, 11) is 1.67. The maximum absolute atomic E-state index is 12.8. The molecule has 142 valence electrons. The fourth-order valence-corrected chi connectivity index (χ4v) is 3.72. The van der Waals surface area contributed by atoms with Gasteiger partial charge in [0.05, 0.1) is 17.4 Å². The normalized spacial score (nSPS) is 20.3. The van der Waals surface area contributed by atoms with Crippen molar-refractivity contribution in [3.8, 4) is 0 Å². The van der Waals surface area contributed by atoms with Crippen molar-refractivity contribution in [2.24, 2.45) is 11.3 Å². The molecule has 26 heavy (non-hydrogen) atoms. The van der Waals surface area contributed by atoms with Gasteiger partial charge in [-0.3, -0.25) is 14.4 Å². The smallest absolute Gasteiger partial charge is 0.311 e. The van der Waals surface area contributed by atoms with E-state index in [4.69, 9.17) is 11.6 Å². The molecule has 1 aromatic rings. The van der Waals surface area contributed by atoms with Crippen LogP contribution in [0.2, 0.25) is 5.02 Å². The summed E-state index contributed by atoms with van der Waals surface area (Å²) >= 11 is 6.06. The highest BCUT2D eigenvalue weighted by atomic mass is 35.5. The molecule has 0 saturated carbocycles. The minimum Gasteiger partial charge on any atom is -0.481 e. The van der Waals surface area contributed by atoms with E-state index >= 15 is 0 Å². The maximum atomic E-state index is 12.8. The number of carboxylic acids is 1. The van der Waals surface area contributed by atoms with Crippen molar-refractivity contribution in [2.45, 2.75) is 39.2 Å². The number of nitrogens with one attached hydrogen (secondary N) is 1. The molecule has 1 aliphatic rings. The molecule has 0 radical (unpaired) electrons. The fourth-order valence-electron chi connectivity index (χ4n) is 3.52. The number of benzene rings is 1. The van der Waals surface area contributed by atoms with Crippen LogP contribution in [0.4, 0.5) is 0 Å². The summed E-state index contributed by atoms with van der Waals surface area (Å²) in [5, 5.41) is 12.8. The first-order valence-electron chi connectivity index (χ1n) is 8.78. The zero-order valence-corrected chi connectivity index (χ0v) is 16.0. The lowest BCUT2D eigenvalue weighted by Crippen LogP contribution is -2.44. The van der Waals surface area contributed by atoms with E-state index in [-0.39, 0.29) is 24.8 Å². The molecule has 0 spiro atoms. The second kappa shape index (κ2) is 8.08.